The zero-order valence-corrected chi connectivity index (χ0v) is 9.34. The summed E-state index contributed by atoms with van der Waals surface area (Å²) in [5.41, 5.74) is 1.17. The molecular weight excluding hydrogens is 222 g/mol. The molecule has 0 saturated heterocycles. The van der Waals surface area contributed by atoms with E-state index in [1.165, 1.54) is 13.2 Å². The largest absolute Gasteiger partial charge is 0.478 e. The van der Waals surface area contributed by atoms with Gasteiger partial charge in [-0.1, -0.05) is 12.1 Å². The molecule has 5 heteroatoms. The van der Waals surface area contributed by atoms with Crippen LogP contribution >= 0.6 is 0 Å². The van der Waals surface area contributed by atoms with Crippen LogP contribution in [-0.4, -0.2) is 30.7 Å². The number of aliphatic carboxylic acids is 1. The number of hydrogen-bond donors (Lipinski definition) is 2. The van der Waals surface area contributed by atoms with Crippen molar-refractivity contribution in [3.05, 3.63) is 42.0 Å². The maximum Gasteiger partial charge on any atom is 0.337 e. The second-order valence-corrected chi connectivity index (χ2v) is 3.19. The number of anilines is 1. The van der Waals surface area contributed by atoms with E-state index in [1.54, 1.807) is 24.3 Å². The van der Waals surface area contributed by atoms with Gasteiger partial charge in [0.1, 0.15) is 0 Å². The van der Waals surface area contributed by atoms with Crippen molar-refractivity contribution < 1.29 is 19.4 Å². The molecule has 0 unspecified atom stereocenters. The molecule has 5 nitrogen and oxygen atoms in total. The molecule has 0 aliphatic heterocycles. The Bertz CT molecular complexity index is 440. The molecule has 2 N–H and O–H groups in total. The standard InChI is InChI=1S/C12H13NO4/c1-17-12(16)9-4-2-5-10(8-9)13-7-3-6-11(14)15/h2-6,8,13H,7H2,1H3,(H,14,15)/b6-3+. The minimum absolute atomic E-state index is 0.372. The van der Waals surface area contributed by atoms with Crippen molar-refractivity contribution in [3.63, 3.8) is 0 Å². The Hall–Kier alpha value is -2.30. The van der Waals surface area contributed by atoms with Crippen molar-refractivity contribution in [2.24, 2.45) is 0 Å². The number of carboxylic acid groups (broad SMARTS) is 1. The van der Waals surface area contributed by atoms with E-state index in [-0.39, 0.29) is 0 Å². The highest BCUT2D eigenvalue weighted by molar-refractivity contribution is 5.90. The van der Waals surface area contributed by atoms with Crippen molar-refractivity contribution in [1.29, 1.82) is 0 Å². The van der Waals surface area contributed by atoms with Gasteiger partial charge < -0.3 is 15.2 Å². The lowest BCUT2D eigenvalue weighted by Gasteiger charge is -2.05. The van der Waals surface area contributed by atoms with E-state index in [1.807, 2.05) is 0 Å². The lowest BCUT2D eigenvalue weighted by Crippen LogP contribution is -2.04. The number of carbonyl (C=O) groups excluding carboxylic acids is 1. The molecule has 0 aliphatic carbocycles. The van der Waals surface area contributed by atoms with Crippen LogP contribution in [0.2, 0.25) is 0 Å². The van der Waals surface area contributed by atoms with E-state index >= 15 is 0 Å². The first-order chi connectivity index (χ1) is 8.13. The van der Waals surface area contributed by atoms with E-state index in [4.69, 9.17) is 5.11 Å². The Labute approximate surface area is 98.7 Å². The Balaban J connectivity index is 2.60. The van der Waals surface area contributed by atoms with Crippen molar-refractivity contribution in [3.8, 4) is 0 Å². The van der Waals surface area contributed by atoms with Crippen LogP contribution < -0.4 is 5.32 Å². The molecule has 0 aromatic heterocycles. The molecule has 0 saturated carbocycles. The van der Waals surface area contributed by atoms with Crippen LogP contribution in [0.1, 0.15) is 10.4 Å². The molecule has 17 heavy (non-hydrogen) atoms. The highest BCUT2D eigenvalue weighted by atomic mass is 16.5. The first-order valence-corrected chi connectivity index (χ1v) is 4.95. The second kappa shape index (κ2) is 6.32. The molecule has 1 aromatic carbocycles. The number of carboxylic acids is 1. The van der Waals surface area contributed by atoms with Gasteiger partial charge in [-0.25, -0.2) is 9.59 Å². The number of carbonyl (C=O) groups is 2. The van der Waals surface area contributed by atoms with Crippen LogP contribution in [0, 0.1) is 0 Å². The van der Waals surface area contributed by atoms with Crippen LogP contribution in [0.3, 0.4) is 0 Å². The van der Waals surface area contributed by atoms with Gasteiger partial charge in [-0.15, -0.1) is 0 Å². The highest BCUT2D eigenvalue weighted by Gasteiger charge is 2.04. The lowest BCUT2D eigenvalue weighted by atomic mass is 10.2. The summed E-state index contributed by atoms with van der Waals surface area (Å²) >= 11 is 0. The number of rotatable bonds is 5. The fourth-order valence-electron chi connectivity index (χ4n) is 1.21. The molecule has 0 fully saturated rings. The number of hydrogen-bond acceptors (Lipinski definition) is 4. The van der Waals surface area contributed by atoms with Crippen molar-refractivity contribution in [1.82, 2.24) is 0 Å². The molecule has 1 rings (SSSR count). The smallest absolute Gasteiger partial charge is 0.337 e. The van der Waals surface area contributed by atoms with E-state index in [0.717, 1.165) is 11.8 Å². The minimum Gasteiger partial charge on any atom is -0.478 e. The van der Waals surface area contributed by atoms with Crippen molar-refractivity contribution in [2.45, 2.75) is 0 Å². The third-order valence-corrected chi connectivity index (χ3v) is 1.97. The maximum atomic E-state index is 11.2. The van der Waals surface area contributed by atoms with Crippen LogP contribution in [0.25, 0.3) is 0 Å². The third-order valence-electron chi connectivity index (χ3n) is 1.97. The zero-order chi connectivity index (χ0) is 12.7. The molecule has 0 aliphatic rings. The maximum absolute atomic E-state index is 11.2. The van der Waals surface area contributed by atoms with Gasteiger partial charge in [-0.05, 0) is 18.2 Å². The molecular formula is C12H13NO4. The summed E-state index contributed by atoms with van der Waals surface area (Å²) in [7, 11) is 1.32. The molecule has 0 radical (unpaired) electrons. The average molecular weight is 235 g/mol. The molecule has 0 spiro atoms. The van der Waals surface area contributed by atoms with Crippen LogP contribution in [0.15, 0.2) is 36.4 Å². The quantitative estimate of drug-likeness (QED) is 0.598. The number of esters is 1. The molecule has 0 bridgehead atoms. The fourth-order valence-corrected chi connectivity index (χ4v) is 1.21. The Morgan fingerprint density at radius 2 is 2.24 bits per heavy atom. The number of benzene rings is 1. The first-order valence-electron chi connectivity index (χ1n) is 4.95. The number of methoxy groups -OCH3 is 1. The highest BCUT2D eigenvalue weighted by Crippen LogP contribution is 2.11. The third kappa shape index (κ3) is 4.38. The molecule has 90 valence electrons. The predicted octanol–water partition coefficient (Wildman–Crippen LogP) is 1.53. The predicted molar refractivity (Wildman–Crippen MR) is 63.0 cm³/mol. The van der Waals surface area contributed by atoms with Gasteiger partial charge in [0.15, 0.2) is 0 Å². The number of ether oxygens (including phenoxy) is 1. The monoisotopic (exact) mass is 235 g/mol. The molecule has 0 heterocycles. The van der Waals surface area contributed by atoms with E-state index in [2.05, 4.69) is 10.1 Å². The van der Waals surface area contributed by atoms with E-state index < -0.39 is 11.9 Å². The van der Waals surface area contributed by atoms with Crippen LogP contribution in [-0.2, 0) is 9.53 Å². The van der Waals surface area contributed by atoms with Gasteiger partial charge in [-0.2, -0.15) is 0 Å². The van der Waals surface area contributed by atoms with Crippen LogP contribution in [0.5, 0.6) is 0 Å². The minimum atomic E-state index is -0.991. The summed E-state index contributed by atoms with van der Waals surface area (Å²) in [5.74, 6) is -1.40. The Morgan fingerprint density at radius 1 is 1.47 bits per heavy atom. The summed E-state index contributed by atoms with van der Waals surface area (Å²) in [6.45, 7) is 0.372. The number of nitrogens with one attached hydrogen (secondary N) is 1. The van der Waals surface area contributed by atoms with Crippen molar-refractivity contribution in [2.75, 3.05) is 19.0 Å². The average Bonchev–Trinajstić information content (AvgIpc) is 2.34. The topological polar surface area (TPSA) is 75.6 Å². The fraction of sp³-hybridized carbons (Fsp3) is 0.167. The van der Waals surface area contributed by atoms with E-state index in [0.29, 0.717) is 12.1 Å². The van der Waals surface area contributed by atoms with Crippen molar-refractivity contribution >= 4 is 17.6 Å². The summed E-state index contributed by atoms with van der Waals surface area (Å²) < 4.78 is 4.59. The van der Waals surface area contributed by atoms with Gasteiger partial charge in [0.25, 0.3) is 0 Å². The van der Waals surface area contributed by atoms with Gasteiger partial charge in [0.2, 0.25) is 0 Å². The summed E-state index contributed by atoms with van der Waals surface area (Å²) in [5, 5.41) is 11.3. The molecule has 0 atom stereocenters. The van der Waals surface area contributed by atoms with Gasteiger partial charge in [0.05, 0.1) is 12.7 Å². The molecule has 1 aromatic rings. The zero-order valence-electron chi connectivity index (χ0n) is 9.34. The van der Waals surface area contributed by atoms with Crippen LogP contribution in [0.4, 0.5) is 5.69 Å². The normalized spacial score (nSPS) is 10.2. The molecule has 0 amide bonds. The van der Waals surface area contributed by atoms with Gasteiger partial charge >= 0.3 is 11.9 Å². The first kappa shape index (κ1) is 12.8. The summed E-state index contributed by atoms with van der Waals surface area (Å²) in [6.07, 6.45) is 2.53. The van der Waals surface area contributed by atoms with E-state index in [9.17, 15) is 9.59 Å². The SMILES string of the molecule is COC(=O)c1cccc(NC/C=C/C(=O)O)c1. The second-order valence-electron chi connectivity index (χ2n) is 3.19. The van der Waals surface area contributed by atoms with Gasteiger partial charge in [0, 0.05) is 18.3 Å². The van der Waals surface area contributed by atoms with Gasteiger partial charge in [-0.3, -0.25) is 0 Å². The summed E-state index contributed by atoms with van der Waals surface area (Å²) in [4.78, 5) is 21.5. The Kier molecular flexibility index (Phi) is 4.75. The Morgan fingerprint density at radius 3 is 2.88 bits per heavy atom. The summed E-state index contributed by atoms with van der Waals surface area (Å²) in [6, 6.07) is 6.78. The lowest BCUT2D eigenvalue weighted by molar-refractivity contribution is -0.131.